The average molecular weight is 224 g/mol. The van der Waals surface area contributed by atoms with Crippen LogP contribution < -0.4 is 9.47 Å². The van der Waals surface area contributed by atoms with E-state index in [0.717, 1.165) is 6.29 Å². The fourth-order valence-corrected chi connectivity index (χ4v) is 1.23. The third-order valence-corrected chi connectivity index (χ3v) is 2.03. The van der Waals surface area contributed by atoms with Gasteiger partial charge in [-0.15, -0.1) is 0 Å². The van der Waals surface area contributed by atoms with E-state index in [1.165, 1.54) is 0 Å². The van der Waals surface area contributed by atoms with Gasteiger partial charge >= 0.3 is 0 Å². The maximum Gasteiger partial charge on any atom is 0.153 e. The molecular formula is C12H16O4. The summed E-state index contributed by atoms with van der Waals surface area (Å²) in [5.74, 6) is 1.19. The monoisotopic (exact) mass is 224 g/mol. The van der Waals surface area contributed by atoms with Gasteiger partial charge < -0.3 is 14.2 Å². The van der Waals surface area contributed by atoms with E-state index in [-0.39, 0.29) is 0 Å². The number of benzene rings is 1. The zero-order valence-corrected chi connectivity index (χ0v) is 9.56. The highest BCUT2D eigenvalue weighted by Crippen LogP contribution is 2.22. The molecule has 0 amide bonds. The van der Waals surface area contributed by atoms with Crippen molar-refractivity contribution in [3.63, 3.8) is 0 Å². The summed E-state index contributed by atoms with van der Waals surface area (Å²) in [4.78, 5) is 10.8. The Morgan fingerprint density at radius 3 is 2.75 bits per heavy atom. The maximum absolute atomic E-state index is 10.8. The second kappa shape index (κ2) is 6.85. The third-order valence-electron chi connectivity index (χ3n) is 2.03. The Hall–Kier alpha value is -1.55. The van der Waals surface area contributed by atoms with Crippen LogP contribution in [0.1, 0.15) is 17.3 Å². The third kappa shape index (κ3) is 3.55. The molecular weight excluding hydrogens is 208 g/mol. The van der Waals surface area contributed by atoms with E-state index in [1.54, 1.807) is 25.3 Å². The summed E-state index contributed by atoms with van der Waals surface area (Å²) in [6.45, 7) is 3.53. The number of methoxy groups -OCH3 is 1. The van der Waals surface area contributed by atoms with Crippen molar-refractivity contribution in [1.82, 2.24) is 0 Å². The number of ether oxygens (including phenoxy) is 3. The highest BCUT2D eigenvalue weighted by atomic mass is 16.5. The minimum Gasteiger partial charge on any atom is -0.497 e. The number of rotatable bonds is 7. The molecule has 0 bridgehead atoms. The van der Waals surface area contributed by atoms with E-state index >= 15 is 0 Å². The molecule has 0 aliphatic carbocycles. The van der Waals surface area contributed by atoms with E-state index in [0.29, 0.717) is 36.9 Å². The van der Waals surface area contributed by atoms with Crippen LogP contribution in [0.25, 0.3) is 0 Å². The van der Waals surface area contributed by atoms with Crippen molar-refractivity contribution in [2.75, 3.05) is 26.9 Å². The predicted octanol–water partition coefficient (Wildman–Crippen LogP) is 1.92. The normalized spacial score (nSPS) is 9.88. The second-order valence-electron chi connectivity index (χ2n) is 3.07. The van der Waals surface area contributed by atoms with Gasteiger partial charge in [-0.25, -0.2) is 0 Å². The van der Waals surface area contributed by atoms with Crippen molar-refractivity contribution in [2.24, 2.45) is 0 Å². The Kier molecular flexibility index (Phi) is 5.36. The maximum atomic E-state index is 10.8. The Balaban J connectivity index is 2.61. The average Bonchev–Trinajstić information content (AvgIpc) is 2.34. The van der Waals surface area contributed by atoms with Gasteiger partial charge in [0.1, 0.15) is 18.1 Å². The van der Waals surface area contributed by atoms with Crippen LogP contribution in [0.3, 0.4) is 0 Å². The van der Waals surface area contributed by atoms with Crippen molar-refractivity contribution in [3.8, 4) is 11.5 Å². The molecule has 0 atom stereocenters. The van der Waals surface area contributed by atoms with Gasteiger partial charge in [0.05, 0.1) is 19.3 Å². The summed E-state index contributed by atoms with van der Waals surface area (Å²) in [5.41, 5.74) is 0.482. The molecule has 4 nitrogen and oxygen atoms in total. The largest absolute Gasteiger partial charge is 0.497 e. The van der Waals surface area contributed by atoms with Gasteiger partial charge in [-0.05, 0) is 25.1 Å². The Morgan fingerprint density at radius 2 is 2.12 bits per heavy atom. The molecule has 0 aliphatic rings. The molecule has 0 N–H and O–H groups in total. The standard InChI is InChI=1S/C12H16O4/c1-3-15-6-7-16-12-5-4-11(14-2)8-10(12)9-13/h4-5,8-9H,3,6-7H2,1-2H3. The zero-order valence-electron chi connectivity index (χ0n) is 9.56. The van der Waals surface area contributed by atoms with E-state index in [2.05, 4.69) is 0 Å². The lowest BCUT2D eigenvalue weighted by molar-refractivity contribution is 0.106. The van der Waals surface area contributed by atoms with Gasteiger partial charge in [-0.2, -0.15) is 0 Å². The fraction of sp³-hybridized carbons (Fsp3) is 0.417. The summed E-state index contributed by atoms with van der Waals surface area (Å²) in [6, 6.07) is 5.11. The summed E-state index contributed by atoms with van der Waals surface area (Å²) in [6.07, 6.45) is 0.749. The quantitative estimate of drug-likeness (QED) is 0.524. The molecule has 0 aromatic heterocycles. The van der Waals surface area contributed by atoms with Crippen molar-refractivity contribution in [2.45, 2.75) is 6.92 Å². The molecule has 1 rings (SSSR count). The van der Waals surface area contributed by atoms with Gasteiger partial charge in [-0.1, -0.05) is 0 Å². The number of aldehydes is 1. The number of hydrogen-bond acceptors (Lipinski definition) is 4. The van der Waals surface area contributed by atoms with Crippen molar-refractivity contribution in [3.05, 3.63) is 23.8 Å². The molecule has 16 heavy (non-hydrogen) atoms. The van der Waals surface area contributed by atoms with Crippen LogP contribution in [0.15, 0.2) is 18.2 Å². The van der Waals surface area contributed by atoms with Gasteiger partial charge in [0, 0.05) is 6.61 Å². The molecule has 0 heterocycles. The Labute approximate surface area is 95.1 Å². The molecule has 0 aliphatic heterocycles. The van der Waals surface area contributed by atoms with Gasteiger partial charge in [0.25, 0.3) is 0 Å². The molecule has 0 unspecified atom stereocenters. The van der Waals surface area contributed by atoms with Crippen LogP contribution in [0.2, 0.25) is 0 Å². The summed E-state index contributed by atoms with van der Waals surface area (Å²) in [5, 5.41) is 0. The summed E-state index contributed by atoms with van der Waals surface area (Å²) in [7, 11) is 1.56. The van der Waals surface area contributed by atoms with Gasteiger partial charge in [0.15, 0.2) is 6.29 Å². The van der Waals surface area contributed by atoms with Crippen molar-refractivity contribution in [1.29, 1.82) is 0 Å². The lowest BCUT2D eigenvalue weighted by Gasteiger charge is -2.09. The SMILES string of the molecule is CCOCCOc1ccc(OC)cc1C=O. The number of hydrogen-bond donors (Lipinski definition) is 0. The Bertz CT molecular complexity index is 336. The molecule has 1 aromatic carbocycles. The molecule has 0 spiro atoms. The first-order chi connectivity index (χ1) is 7.81. The van der Waals surface area contributed by atoms with Gasteiger partial charge in [-0.3, -0.25) is 4.79 Å². The summed E-state index contributed by atoms with van der Waals surface area (Å²) >= 11 is 0. The molecule has 88 valence electrons. The van der Waals surface area contributed by atoms with Crippen molar-refractivity contribution >= 4 is 6.29 Å². The topological polar surface area (TPSA) is 44.8 Å². The molecule has 0 radical (unpaired) electrons. The molecule has 0 fully saturated rings. The van der Waals surface area contributed by atoms with Crippen LogP contribution in [-0.4, -0.2) is 33.2 Å². The molecule has 0 saturated carbocycles. The summed E-state index contributed by atoms with van der Waals surface area (Å²) < 4.78 is 15.6. The van der Waals surface area contributed by atoms with Crippen molar-refractivity contribution < 1.29 is 19.0 Å². The molecule has 4 heteroatoms. The minimum absolute atomic E-state index is 0.432. The van der Waals surface area contributed by atoms with E-state index < -0.39 is 0 Å². The Morgan fingerprint density at radius 1 is 1.31 bits per heavy atom. The highest BCUT2D eigenvalue weighted by molar-refractivity contribution is 5.80. The van der Waals surface area contributed by atoms with E-state index in [1.807, 2.05) is 6.92 Å². The zero-order chi connectivity index (χ0) is 11.8. The first kappa shape index (κ1) is 12.5. The van der Waals surface area contributed by atoms with Crippen LogP contribution in [0, 0.1) is 0 Å². The van der Waals surface area contributed by atoms with Crippen LogP contribution >= 0.6 is 0 Å². The lowest BCUT2D eigenvalue weighted by atomic mass is 10.2. The van der Waals surface area contributed by atoms with E-state index in [9.17, 15) is 4.79 Å². The minimum atomic E-state index is 0.432. The number of carbonyl (C=O) groups is 1. The highest BCUT2D eigenvalue weighted by Gasteiger charge is 2.04. The smallest absolute Gasteiger partial charge is 0.153 e. The number of carbonyl (C=O) groups excluding carboxylic acids is 1. The molecule has 1 aromatic rings. The van der Waals surface area contributed by atoms with E-state index in [4.69, 9.17) is 14.2 Å². The first-order valence-electron chi connectivity index (χ1n) is 5.15. The second-order valence-corrected chi connectivity index (χ2v) is 3.07. The fourth-order valence-electron chi connectivity index (χ4n) is 1.23. The van der Waals surface area contributed by atoms with Crippen LogP contribution in [-0.2, 0) is 4.74 Å². The predicted molar refractivity (Wildman–Crippen MR) is 60.4 cm³/mol. The first-order valence-corrected chi connectivity index (χ1v) is 5.15. The molecule has 0 saturated heterocycles. The lowest BCUT2D eigenvalue weighted by Crippen LogP contribution is -2.07. The van der Waals surface area contributed by atoms with Gasteiger partial charge in [0.2, 0.25) is 0 Å². The van der Waals surface area contributed by atoms with Crippen LogP contribution in [0.5, 0.6) is 11.5 Å². The van der Waals surface area contributed by atoms with Crippen LogP contribution in [0.4, 0.5) is 0 Å².